The molecule has 3 unspecified atom stereocenters. The summed E-state index contributed by atoms with van der Waals surface area (Å²) in [6, 6.07) is 20.3. The number of hydrogen-bond acceptors (Lipinski definition) is 6. The minimum absolute atomic E-state index is 0.188. The zero-order valence-electron chi connectivity index (χ0n) is 28.7. The third-order valence-electron chi connectivity index (χ3n) is 10.3. The summed E-state index contributed by atoms with van der Waals surface area (Å²) in [7, 11) is 0. The Balaban J connectivity index is 1.49. The number of benzene rings is 3. The fourth-order valence-electron chi connectivity index (χ4n) is 8.31. The van der Waals surface area contributed by atoms with Gasteiger partial charge < -0.3 is 29.3 Å². The number of aryl methyl sites for hydroxylation is 2. The van der Waals surface area contributed by atoms with Crippen LogP contribution in [0.5, 0.6) is 5.75 Å². The van der Waals surface area contributed by atoms with Gasteiger partial charge in [-0.15, -0.1) is 13.2 Å². The number of aliphatic hydroxyl groups excluding tert-OH is 1. The molecule has 3 aromatic carbocycles. The smallest absolute Gasteiger partial charge is 0.253 e. The van der Waals surface area contributed by atoms with Crippen molar-refractivity contribution < 1.29 is 29.0 Å². The highest BCUT2D eigenvalue weighted by Gasteiger charge is 2.77. The normalized spacial score (nSPS) is 25.6. The monoisotopic (exact) mass is 741 g/mol. The van der Waals surface area contributed by atoms with Crippen LogP contribution in [0, 0.1) is 25.7 Å². The zero-order valence-corrected chi connectivity index (χ0v) is 30.3. The van der Waals surface area contributed by atoms with Crippen LogP contribution in [0.3, 0.4) is 0 Å². The number of nitrogens with zero attached hydrogens (tertiary/aromatic N) is 3. The highest BCUT2D eigenvalue weighted by atomic mass is 79.9. The van der Waals surface area contributed by atoms with E-state index in [9.17, 15) is 9.90 Å². The highest BCUT2D eigenvalue weighted by Crippen LogP contribution is 2.62. The van der Waals surface area contributed by atoms with Gasteiger partial charge in [0.05, 0.1) is 37.2 Å². The Hall–Kier alpha value is -4.25. The van der Waals surface area contributed by atoms with Crippen molar-refractivity contribution in [3.05, 3.63) is 115 Å². The molecule has 3 fully saturated rings. The fourth-order valence-corrected chi connectivity index (χ4v) is 9.26. The summed E-state index contributed by atoms with van der Waals surface area (Å²) in [6.45, 7) is 14.1. The Morgan fingerprint density at radius 2 is 1.64 bits per heavy atom. The number of hydrogen-bond donors (Lipinski definition) is 1. The maximum atomic E-state index is 15.3. The summed E-state index contributed by atoms with van der Waals surface area (Å²) in [5.74, 6) is -2.24. The lowest BCUT2D eigenvalue weighted by atomic mass is 9.70. The number of halogens is 1. The number of carbonyl (C=O) groups excluding carboxylic acids is 3. The predicted molar refractivity (Wildman–Crippen MR) is 197 cm³/mol. The van der Waals surface area contributed by atoms with E-state index in [-0.39, 0.29) is 29.7 Å². The van der Waals surface area contributed by atoms with Gasteiger partial charge in [-0.3, -0.25) is 14.4 Å². The average molecular weight is 743 g/mol. The summed E-state index contributed by atoms with van der Waals surface area (Å²) in [5.41, 5.74) is 2.48. The van der Waals surface area contributed by atoms with Crippen molar-refractivity contribution >= 4 is 45.0 Å². The summed E-state index contributed by atoms with van der Waals surface area (Å²) in [4.78, 5) is 49.7. The molecule has 9 nitrogen and oxygen atoms in total. The zero-order chi connectivity index (χ0) is 35.7. The SMILES string of the molecule is C=CCN(C(=O)[C@H]1[C@@H]2OC3(CC2Br)C(C(=O)N(CC=C)c2c(C)cccc2C)N([C@H](CO)c2ccccc2)C(=O)[C@H]13)c1ccc(OCC)cc1. The Morgan fingerprint density at radius 3 is 2.24 bits per heavy atom. The van der Waals surface area contributed by atoms with Gasteiger partial charge in [-0.25, -0.2) is 0 Å². The molecule has 7 atom stereocenters. The second kappa shape index (κ2) is 14.5. The van der Waals surface area contributed by atoms with Crippen LogP contribution in [0.1, 0.15) is 36.1 Å². The molecule has 3 aliphatic heterocycles. The first-order chi connectivity index (χ1) is 24.1. The van der Waals surface area contributed by atoms with Crippen LogP contribution in [-0.4, -0.2) is 76.6 Å². The lowest BCUT2D eigenvalue weighted by Crippen LogP contribution is -2.58. The van der Waals surface area contributed by atoms with E-state index in [1.54, 1.807) is 34.1 Å². The Bertz CT molecular complexity index is 1750. The minimum atomic E-state index is -1.34. The maximum Gasteiger partial charge on any atom is 0.253 e. The van der Waals surface area contributed by atoms with Gasteiger partial charge in [0, 0.05) is 29.3 Å². The molecule has 6 rings (SSSR count). The molecule has 0 radical (unpaired) electrons. The lowest BCUT2D eigenvalue weighted by molar-refractivity contribution is -0.144. The van der Waals surface area contributed by atoms with Crippen LogP contribution in [0.25, 0.3) is 0 Å². The van der Waals surface area contributed by atoms with E-state index in [1.165, 1.54) is 4.90 Å². The van der Waals surface area contributed by atoms with Crippen LogP contribution < -0.4 is 14.5 Å². The number of para-hydroxylation sites is 1. The number of ether oxygens (including phenoxy) is 2. The largest absolute Gasteiger partial charge is 0.494 e. The van der Waals surface area contributed by atoms with Crippen molar-refractivity contribution in [2.45, 2.75) is 55.8 Å². The molecule has 3 aromatic rings. The third kappa shape index (κ3) is 5.87. The van der Waals surface area contributed by atoms with E-state index in [4.69, 9.17) is 9.47 Å². The summed E-state index contributed by atoms with van der Waals surface area (Å²) >= 11 is 3.81. The number of rotatable bonds is 13. The average Bonchev–Trinajstić information content (AvgIpc) is 3.71. The quantitative estimate of drug-likeness (QED) is 0.173. The number of anilines is 2. The standard InChI is InChI=1S/C40H44BrN3O6/c1-6-21-42(28-17-19-29(20-18-28)49-8-3)37(46)32-33-38(47)44(31(24-45)27-15-10-9-11-16-27)36(40(33)23-30(41)35(32)50-40)39(48)43(22-7-2)34-25(4)13-12-14-26(34)5/h6-7,9-20,30-33,35-36,45H,1-2,8,21-24H2,3-5H3/t30?,31-,32-,33+,35-,36?,40?/m1/s1. The molecule has 1 N–H and O–H groups in total. The number of aliphatic hydroxyl groups is 1. The first-order valence-electron chi connectivity index (χ1n) is 17.1. The van der Waals surface area contributed by atoms with E-state index < -0.39 is 48.1 Å². The van der Waals surface area contributed by atoms with E-state index in [0.29, 0.717) is 30.0 Å². The molecule has 3 saturated heterocycles. The van der Waals surface area contributed by atoms with E-state index in [2.05, 4.69) is 29.1 Å². The van der Waals surface area contributed by atoms with E-state index in [1.807, 2.05) is 81.4 Å². The molecule has 0 aliphatic carbocycles. The predicted octanol–water partition coefficient (Wildman–Crippen LogP) is 5.92. The van der Waals surface area contributed by atoms with Crippen molar-refractivity contribution in [2.24, 2.45) is 11.8 Å². The molecule has 50 heavy (non-hydrogen) atoms. The van der Waals surface area contributed by atoms with Crippen LogP contribution in [0.15, 0.2) is 98.1 Å². The molecule has 262 valence electrons. The van der Waals surface area contributed by atoms with Crippen molar-refractivity contribution in [2.75, 3.05) is 36.1 Å². The summed E-state index contributed by atoms with van der Waals surface area (Å²) in [6.07, 6.45) is 2.98. The van der Waals surface area contributed by atoms with Crippen molar-refractivity contribution in [3.8, 4) is 5.75 Å². The van der Waals surface area contributed by atoms with Gasteiger partial charge in [-0.1, -0.05) is 76.6 Å². The number of fused-ring (bicyclic) bond motifs is 1. The molecule has 0 saturated carbocycles. The molecular weight excluding hydrogens is 698 g/mol. The van der Waals surface area contributed by atoms with Crippen molar-refractivity contribution in [3.63, 3.8) is 0 Å². The Morgan fingerprint density at radius 1 is 1.00 bits per heavy atom. The third-order valence-corrected chi connectivity index (χ3v) is 11.1. The molecule has 3 amide bonds. The van der Waals surface area contributed by atoms with Crippen molar-refractivity contribution in [1.82, 2.24) is 4.90 Å². The van der Waals surface area contributed by atoms with Gasteiger partial charge in [0.1, 0.15) is 17.4 Å². The van der Waals surface area contributed by atoms with Crippen molar-refractivity contribution in [1.29, 1.82) is 0 Å². The first kappa shape index (κ1) is 35.6. The summed E-state index contributed by atoms with van der Waals surface area (Å²) in [5, 5.41) is 10.9. The number of likely N-dealkylation sites (tertiary alicyclic amines) is 1. The Kier molecular flexibility index (Phi) is 10.3. The van der Waals surface area contributed by atoms with E-state index >= 15 is 9.59 Å². The second-order valence-electron chi connectivity index (χ2n) is 13.2. The highest BCUT2D eigenvalue weighted by molar-refractivity contribution is 9.09. The maximum absolute atomic E-state index is 15.3. The number of amides is 3. The molecule has 0 aromatic heterocycles. The Labute approximate surface area is 302 Å². The lowest BCUT2D eigenvalue weighted by Gasteiger charge is -2.40. The van der Waals surface area contributed by atoms with Gasteiger partial charge >= 0.3 is 0 Å². The molecule has 1 spiro atoms. The van der Waals surface area contributed by atoms with Gasteiger partial charge in [0.15, 0.2) is 0 Å². The molecule has 2 bridgehead atoms. The van der Waals surface area contributed by atoms with Crippen LogP contribution in [0.2, 0.25) is 0 Å². The molecule has 10 heteroatoms. The van der Waals surface area contributed by atoms with Gasteiger partial charge in [-0.2, -0.15) is 0 Å². The van der Waals surface area contributed by atoms with Crippen LogP contribution in [0.4, 0.5) is 11.4 Å². The van der Waals surface area contributed by atoms with Crippen LogP contribution >= 0.6 is 15.9 Å². The van der Waals surface area contributed by atoms with Gasteiger partial charge in [0.25, 0.3) is 5.91 Å². The fraction of sp³-hybridized carbons (Fsp3) is 0.375. The number of carbonyl (C=O) groups is 3. The van der Waals surface area contributed by atoms with Crippen LogP contribution in [-0.2, 0) is 19.1 Å². The van der Waals surface area contributed by atoms with Gasteiger partial charge in [-0.05, 0) is 68.1 Å². The minimum Gasteiger partial charge on any atom is -0.494 e. The molecule has 3 aliphatic rings. The number of alkyl halides is 1. The molecular formula is C40H44BrN3O6. The topological polar surface area (TPSA) is 99.6 Å². The summed E-state index contributed by atoms with van der Waals surface area (Å²) < 4.78 is 12.5. The second-order valence-corrected chi connectivity index (χ2v) is 14.3. The molecule has 3 heterocycles. The van der Waals surface area contributed by atoms with E-state index in [0.717, 1.165) is 16.8 Å². The first-order valence-corrected chi connectivity index (χ1v) is 18.0. The van der Waals surface area contributed by atoms with Gasteiger partial charge in [0.2, 0.25) is 11.8 Å².